The third-order valence-electron chi connectivity index (χ3n) is 9.47. The first-order valence-corrected chi connectivity index (χ1v) is 13.1. The lowest BCUT2D eigenvalue weighted by molar-refractivity contribution is 0.490. The quantitative estimate of drug-likeness (QED) is 0.214. The second-order valence-corrected chi connectivity index (χ2v) is 10.8. The molecule has 0 nitrogen and oxygen atoms in total. The second-order valence-electron chi connectivity index (χ2n) is 10.8. The molecule has 0 fully saturated rings. The fourth-order valence-corrected chi connectivity index (χ4v) is 8.30. The van der Waals surface area contributed by atoms with Crippen LogP contribution in [0.4, 0.5) is 0 Å². The predicted molar refractivity (Wildman–Crippen MR) is 149 cm³/mol. The molecule has 0 bridgehead atoms. The van der Waals surface area contributed by atoms with Crippen molar-refractivity contribution in [1.82, 2.24) is 0 Å². The minimum Gasteiger partial charge on any atom is -0.0620 e. The van der Waals surface area contributed by atoms with Gasteiger partial charge in [-0.05, 0) is 78.4 Å². The summed E-state index contributed by atoms with van der Waals surface area (Å²) < 4.78 is 0. The fourth-order valence-electron chi connectivity index (χ4n) is 8.30. The SMILES string of the molecule is c1ccc2c(c1)-c1c(ccc3ccccc13)C21c2ccccc2C2Cc3c(ccc4ccccc34)C21. The average Bonchev–Trinajstić information content (AvgIpc) is 3.57. The van der Waals surface area contributed by atoms with Crippen molar-refractivity contribution in [3.05, 3.63) is 155 Å². The van der Waals surface area contributed by atoms with E-state index in [0.717, 1.165) is 6.42 Å². The molecule has 6 aromatic rings. The smallest absolute Gasteiger partial charge is 0.0541 e. The molecule has 3 aliphatic rings. The first-order valence-electron chi connectivity index (χ1n) is 13.1. The molecule has 0 aromatic heterocycles. The van der Waals surface area contributed by atoms with Crippen LogP contribution < -0.4 is 0 Å². The summed E-state index contributed by atoms with van der Waals surface area (Å²) in [6, 6.07) is 46.1. The topological polar surface area (TPSA) is 0 Å². The summed E-state index contributed by atoms with van der Waals surface area (Å²) in [6.45, 7) is 0. The Kier molecular flexibility index (Phi) is 3.46. The number of fused-ring (bicyclic) bond motifs is 16. The lowest BCUT2D eigenvalue weighted by Gasteiger charge is -2.36. The van der Waals surface area contributed by atoms with Crippen molar-refractivity contribution in [3.8, 4) is 11.1 Å². The highest BCUT2D eigenvalue weighted by molar-refractivity contribution is 6.04. The highest BCUT2D eigenvalue weighted by Gasteiger charge is 2.60. The van der Waals surface area contributed by atoms with Crippen LogP contribution in [-0.4, -0.2) is 0 Å². The first kappa shape index (κ1) is 19.1. The maximum Gasteiger partial charge on any atom is 0.0541 e. The second kappa shape index (κ2) is 6.53. The zero-order valence-corrected chi connectivity index (χ0v) is 19.9. The Labute approximate surface area is 210 Å². The molecule has 3 atom stereocenters. The van der Waals surface area contributed by atoms with Crippen LogP contribution in [0.25, 0.3) is 32.7 Å². The van der Waals surface area contributed by atoms with Gasteiger partial charge < -0.3 is 0 Å². The van der Waals surface area contributed by atoms with E-state index in [1.807, 2.05) is 0 Å². The van der Waals surface area contributed by atoms with Gasteiger partial charge in [0.15, 0.2) is 0 Å². The van der Waals surface area contributed by atoms with Gasteiger partial charge in [-0.3, -0.25) is 0 Å². The van der Waals surface area contributed by atoms with E-state index in [0.29, 0.717) is 11.8 Å². The van der Waals surface area contributed by atoms with E-state index < -0.39 is 0 Å². The Bertz CT molecular complexity index is 1890. The summed E-state index contributed by atoms with van der Waals surface area (Å²) in [5.41, 5.74) is 11.8. The summed E-state index contributed by atoms with van der Waals surface area (Å²) >= 11 is 0. The van der Waals surface area contributed by atoms with Gasteiger partial charge in [0.25, 0.3) is 0 Å². The van der Waals surface area contributed by atoms with E-state index in [2.05, 4.69) is 121 Å². The molecular formula is C36H24. The van der Waals surface area contributed by atoms with Gasteiger partial charge in [-0.15, -0.1) is 0 Å². The number of hydrogen-bond donors (Lipinski definition) is 0. The third kappa shape index (κ3) is 2.06. The molecule has 0 heteroatoms. The first-order chi connectivity index (χ1) is 17.9. The van der Waals surface area contributed by atoms with Crippen LogP contribution in [0.5, 0.6) is 0 Å². The normalized spacial score (nSPS) is 22.4. The van der Waals surface area contributed by atoms with Crippen LogP contribution in [0.3, 0.4) is 0 Å². The molecule has 0 N–H and O–H groups in total. The Hall–Kier alpha value is -4.16. The van der Waals surface area contributed by atoms with E-state index >= 15 is 0 Å². The van der Waals surface area contributed by atoms with Crippen molar-refractivity contribution >= 4 is 21.5 Å². The van der Waals surface area contributed by atoms with E-state index in [-0.39, 0.29) is 5.41 Å². The molecule has 9 rings (SSSR count). The van der Waals surface area contributed by atoms with Crippen molar-refractivity contribution in [2.75, 3.05) is 0 Å². The molecule has 0 aliphatic heterocycles. The third-order valence-corrected chi connectivity index (χ3v) is 9.47. The van der Waals surface area contributed by atoms with Gasteiger partial charge >= 0.3 is 0 Å². The Morgan fingerprint density at radius 1 is 0.500 bits per heavy atom. The molecule has 36 heavy (non-hydrogen) atoms. The summed E-state index contributed by atoms with van der Waals surface area (Å²) in [7, 11) is 0. The van der Waals surface area contributed by atoms with Gasteiger partial charge in [-0.2, -0.15) is 0 Å². The molecule has 0 saturated carbocycles. The number of benzene rings is 6. The monoisotopic (exact) mass is 456 g/mol. The van der Waals surface area contributed by atoms with Crippen molar-refractivity contribution in [2.24, 2.45) is 0 Å². The lowest BCUT2D eigenvalue weighted by Crippen LogP contribution is -2.31. The number of rotatable bonds is 0. The Morgan fingerprint density at radius 3 is 2.06 bits per heavy atom. The molecule has 1 spiro atoms. The molecule has 0 radical (unpaired) electrons. The van der Waals surface area contributed by atoms with Gasteiger partial charge in [0.1, 0.15) is 0 Å². The van der Waals surface area contributed by atoms with E-state index in [9.17, 15) is 0 Å². The average molecular weight is 457 g/mol. The van der Waals surface area contributed by atoms with Crippen LogP contribution >= 0.6 is 0 Å². The zero-order chi connectivity index (χ0) is 23.4. The van der Waals surface area contributed by atoms with Gasteiger partial charge in [-0.25, -0.2) is 0 Å². The Balaban J connectivity index is 1.46. The molecule has 3 aliphatic carbocycles. The van der Waals surface area contributed by atoms with Crippen LogP contribution in [0.15, 0.2) is 121 Å². The van der Waals surface area contributed by atoms with Crippen LogP contribution in [0.1, 0.15) is 45.2 Å². The molecule has 3 unspecified atom stereocenters. The molecule has 0 heterocycles. The molecule has 6 aromatic carbocycles. The highest BCUT2D eigenvalue weighted by atomic mass is 14.6. The summed E-state index contributed by atoms with van der Waals surface area (Å²) in [6.07, 6.45) is 1.12. The van der Waals surface area contributed by atoms with Crippen LogP contribution in [0.2, 0.25) is 0 Å². The van der Waals surface area contributed by atoms with E-state index in [4.69, 9.17) is 0 Å². The standard InChI is InChI=1S/C36H24/c1-3-11-24-22(9-1)17-19-27-29(24)21-30-26-13-5-7-15-31(26)36(35(27)30)32-16-8-6-14-28(32)34-25-12-4-2-10-23(25)18-20-33(34)36/h1-20,30,35H,21H2. The predicted octanol–water partition coefficient (Wildman–Crippen LogP) is 8.74. The molecule has 0 amide bonds. The van der Waals surface area contributed by atoms with Gasteiger partial charge in [0, 0.05) is 5.92 Å². The van der Waals surface area contributed by atoms with E-state index in [1.165, 1.54) is 49.4 Å². The maximum absolute atomic E-state index is 2.46. The Morgan fingerprint density at radius 2 is 1.17 bits per heavy atom. The van der Waals surface area contributed by atoms with Crippen molar-refractivity contribution in [2.45, 2.75) is 23.7 Å². The minimum atomic E-state index is -0.162. The maximum atomic E-state index is 2.46. The zero-order valence-electron chi connectivity index (χ0n) is 19.9. The minimum absolute atomic E-state index is 0.162. The number of hydrogen-bond acceptors (Lipinski definition) is 0. The van der Waals surface area contributed by atoms with Gasteiger partial charge in [-0.1, -0.05) is 121 Å². The van der Waals surface area contributed by atoms with Crippen LogP contribution in [-0.2, 0) is 11.8 Å². The molecular weight excluding hydrogens is 432 g/mol. The molecule has 0 saturated heterocycles. The summed E-state index contributed by atoms with van der Waals surface area (Å²) in [5, 5.41) is 5.49. The molecule has 168 valence electrons. The van der Waals surface area contributed by atoms with Crippen molar-refractivity contribution < 1.29 is 0 Å². The van der Waals surface area contributed by atoms with Gasteiger partial charge in [0.2, 0.25) is 0 Å². The fraction of sp³-hybridized carbons (Fsp3) is 0.111. The largest absolute Gasteiger partial charge is 0.0620 e. The summed E-state index contributed by atoms with van der Waals surface area (Å²) in [4.78, 5) is 0. The van der Waals surface area contributed by atoms with Gasteiger partial charge in [0.05, 0.1) is 5.41 Å². The van der Waals surface area contributed by atoms with Crippen molar-refractivity contribution in [3.63, 3.8) is 0 Å². The highest BCUT2D eigenvalue weighted by Crippen LogP contribution is 2.70. The summed E-state index contributed by atoms with van der Waals surface area (Å²) in [5.74, 6) is 0.894. The lowest BCUT2D eigenvalue weighted by atomic mass is 9.65. The van der Waals surface area contributed by atoms with E-state index in [1.54, 1.807) is 16.7 Å². The van der Waals surface area contributed by atoms with Crippen molar-refractivity contribution in [1.29, 1.82) is 0 Å². The van der Waals surface area contributed by atoms with Crippen LogP contribution in [0, 0.1) is 0 Å².